The topological polar surface area (TPSA) is 72.2 Å². The van der Waals surface area contributed by atoms with Crippen molar-refractivity contribution in [2.75, 3.05) is 6.54 Å². The third-order valence-electron chi connectivity index (χ3n) is 2.13. The lowest BCUT2D eigenvalue weighted by Gasteiger charge is -2.24. The SMILES string of the molecule is CC(C)(CN)NS(=O)(=O)c1cccc(Cl)c1F.Cl. The monoisotopic (exact) mass is 316 g/mol. The van der Waals surface area contributed by atoms with Crippen molar-refractivity contribution in [3.8, 4) is 0 Å². The van der Waals surface area contributed by atoms with E-state index in [1.54, 1.807) is 13.8 Å². The van der Waals surface area contributed by atoms with Crippen LogP contribution < -0.4 is 10.5 Å². The maximum Gasteiger partial charge on any atom is 0.244 e. The van der Waals surface area contributed by atoms with Crippen molar-refractivity contribution < 1.29 is 12.8 Å². The van der Waals surface area contributed by atoms with Crippen molar-refractivity contribution in [2.24, 2.45) is 5.73 Å². The minimum Gasteiger partial charge on any atom is -0.329 e. The van der Waals surface area contributed by atoms with Gasteiger partial charge in [-0.2, -0.15) is 0 Å². The number of benzene rings is 1. The Bertz CT molecular complexity index is 521. The second kappa shape index (κ2) is 6.16. The number of hydrogen-bond acceptors (Lipinski definition) is 3. The number of nitrogens with one attached hydrogen (secondary N) is 1. The molecule has 4 nitrogen and oxygen atoms in total. The highest BCUT2D eigenvalue weighted by Gasteiger charge is 2.27. The Morgan fingerprint density at radius 1 is 1.44 bits per heavy atom. The van der Waals surface area contributed by atoms with Gasteiger partial charge in [0.25, 0.3) is 0 Å². The Hall–Kier alpha value is -0.400. The molecule has 0 aliphatic rings. The summed E-state index contributed by atoms with van der Waals surface area (Å²) in [6, 6.07) is 3.80. The largest absolute Gasteiger partial charge is 0.329 e. The maximum atomic E-state index is 13.6. The van der Waals surface area contributed by atoms with Crippen LogP contribution in [0, 0.1) is 5.82 Å². The molecule has 0 unspecified atom stereocenters. The fraction of sp³-hybridized carbons (Fsp3) is 0.400. The first-order valence-corrected chi connectivity index (χ1v) is 6.74. The molecule has 0 aromatic heterocycles. The summed E-state index contributed by atoms with van der Waals surface area (Å²) in [6.07, 6.45) is 0. The molecule has 0 saturated heterocycles. The van der Waals surface area contributed by atoms with E-state index in [-0.39, 0.29) is 24.0 Å². The van der Waals surface area contributed by atoms with Crippen LogP contribution in [0.2, 0.25) is 5.02 Å². The van der Waals surface area contributed by atoms with Crippen LogP contribution in [0.4, 0.5) is 4.39 Å². The molecule has 104 valence electrons. The summed E-state index contributed by atoms with van der Waals surface area (Å²) >= 11 is 5.53. The highest BCUT2D eigenvalue weighted by molar-refractivity contribution is 7.89. The van der Waals surface area contributed by atoms with Gasteiger partial charge >= 0.3 is 0 Å². The van der Waals surface area contributed by atoms with Crippen LogP contribution in [0.15, 0.2) is 23.1 Å². The van der Waals surface area contributed by atoms with E-state index in [0.717, 1.165) is 6.07 Å². The van der Waals surface area contributed by atoms with E-state index >= 15 is 0 Å². The van der Waals surface area contributed by atoms with Gasteiger partial charge < -0.3 is 5.73 Å². The third-order valence-corrected chi connectivity index (χ3v) is 4.13. The van der Waals surface area contributed by atoms with Crippen LogP contribution in [0.3, 0.4) is 0 Å². The Balaban J connectivity index is 0.00000289. The number of nitrogens with two attached hydrogens (primary N) is 1. The van der Waals surface area contributed by atoms with Crippen molar-refractivity contribution >= 4 is 34.0 Å². The van der Waals surface area contributed by atoms with E-state index < -0.39 is 26.3 Å². The molecule has 1 rings (SSSR count). The molecule has 0 radical (unpaired) electrons. The summed E-state index contributed by atoms with van der Waals surface area (Å²) in [5, 5.41) is -0.238. The zero-order valence-electron chi connectivity index (χ0n) is 9.91. The molecule has 0 saturated carbocycles. The van der Waals surface area contributed by atoms with Gasteiger partial charge in [-0.15, -0.1) is 12.4 Å². The first-order chi connectivity index (χ1) is 7.69. The molecule has 0 amide bonds. The minimum atomic E-state index is -3.97. The number of hydrogen-bond donors (Lipinski definition) is 2. The quantitative estimate of drug-likeness (QED) is 0.891. The van der Waals surface area contributed by atoms with E-state index in [4.69, 9.17) is 17.3 Å². The Morgan fingerprint density at radius 2 is 2.00 bits per heavy atom. The summed E-state index contributed by atoms with van der Waals surface area (Å²) < 4.78 is 39.7. The molecule has 18 heavy (non-hydrogen) atoms. The number of sulfonamides is 1. The van der Waals surface area contributed by atoms with E-state index in [9.17, 15) is 12.8 Å². The Labute approximate surface area is 117 Å². The normalized spacial score (nSPS) is 12.1. The highest BCUT2D eigenvalue weighted by atomic mass is 35.5. The van der Waals surface area contributed by atoms with Crippen molar-refractivity contribution in [1.29, 1.82) is 0 Å². The molecule has 0 aliphatic carbocycles. The fourth-order valence-electron chi connectivity index (χ4n) is 1.15. The highest BCUT2D eigenvalue weighted by Crippen LogP contribution is 2.22. The molecule has 3 N–H and O–H groups in total. The minimum absolute atomic E-state index is 0. The van der Waals surface area contributed by atoms with Gasteiger partial charge in [-0.1, -0.05) is 17.7 Å². The molecule has 0 bridgehead atoms. The summed E-state index contributed by atoms with van der Waals surface area (Å²) in [6.45, 7) is 3.30. The summed E-state index contributed by atoms with van der Waals surface area (Å²) in [4.78, 5) is -0.480. The molecule has 1 aromatic carbocycles. The molecular weight excluding hydrogens is 302 g/mol. The fourth-order valence-corrected chi connectivity index (χ4v) is 2.91. The lowest BCUT2D eigenvalue weighted by atomic mass is 10.1. The van der Waals surface area contributed by atoms with Crippen molar-refractivity contribution in [1.82, 2.24) is 4.72 Å². The molecule has 0 fully saturated rings. The van der Waals surface area contributed by atoms with Gasteiger partial charge in [0.15, 0.2) is 5.82 Å². The summed E-state index contributed by atoms with van der Waals surface area (Å²) in [7, 11) is -3.97. The van der Waals surface area contributed by atoms with Gasteiger partial charge in [-0.3, -0.25) is 0 Å². The predicted molar refractivity (Wildman–Crippen MR) is 72.1 cm³/mol. The van der Waals surface area contributed by atoms with E-state index in [0.29, 0.717) is 0 Å². The molecular formula is C10H15Cl2FN2O2S. The van der Waals surface area contributed by atoms with Crippen molar-refractivity contribution in [2.45, 2.75) is 24.3 Å². The summed E-state index contributed by atoms with van der Waals surface area (Å²) in [5.74, 6) is -0.963. The average Bonchev–Trinajstić information content (AvgIpc) is 2.20. The molecule has 8 heteroatoms. The van der Waals surface area contributed by atoms with Crippen LogP contribution in [0.25, 0.3) is 0 Å². The number of halogens is 3. The van der Waals surface area contributed by atoms with E-state index in [1.807, 2.05) is 0 Å². The molecule has 0 aliphatic heterocycles. The van der Waals surface area contributed by atoms with Crippen LogP contribution in [0.5, 0.6) is 0 Å². The Morgan fingerprint density at radius 3 is 2.50 bits per heavy atom. The molecule has 1 aromatic rings. The number of rotatable bonds is 4. The van der Waals surface area contributed by atoms with Gasteiger partial charge in [0.05, 0.1) is 5.02 Å². The molecule has 0 heterocycles. The maximum absolute atomic E-state index is 13.6. The van der Waals surface area contributed by atoms with Gasteiger partial charge in [-0.25, -0.2) is 17.5 Å². The Kier molecular flexibility index (Phi) is 6.03. The smallest absolute Gasteiger partial charge is 0.244 e. The first kappa shape index (κ1) is 17.6. The lowest BCUT2D eigenvalue weighted by molar-refractivity contribution is 0.459. The second-order valence-corrected chi connectivity index (χ2v) is 6.30. The van der Waals surface area contributed by atoms with Gasteiger partial charge in [-0.05, 0) is 26.0 Å². The molecule has 0 atom stereocenters. The summed E-state index contributed by atoms with van der Waals surface area (Å²) in [5.41, 5.74) is 4.56. The standard InChI is InChI=1S/C10H14ClFN2O2S.ClH/c1-10(2,6-13)14-17(15,16)8-5-3-4-7(11)9(8)12;/h3-5,14H,6,13H2,1-2H3;1H. The second-order valence-electron chi connectivity index (χ2n) is 4.25. The van der Waals surface area contributed by atoms with E-state index in [1.165, 1.54) is 12.1 Å². The van der Waals surface area contributed by atoms with Crippen LogP contribution in [-0.2, 0) is 10.0 Å². The van der Waals surface area contributed by atoms with Crippen LogP contribution in [0.1, 0.15) is 13.8 Å². The van der Waals surface area contributed by atoms with Crippen molar-refractivity contribution in [3.05, 3.63) is 29.0 Å². The zero-order valence-corrected chi connectivity index (χ0v) is 12.3. The van der Waals surface area contributed by atoms with Crippen LogP contribution in [-0.4, -0.2) is 20.5 Å². The third kappa shape index (κ3) is 4.07. The van der Waals surface area contributed by atoms with Crippen molar-refractivity contribution in [3.63, 3.8) is 0 Å². The predicted octanol–water partition coefficient (Wildman–Crippen LogP) is 1.92. The molecule has 0 spiro atoms. The average molecular weight is 317 g/mol. The lowest BCUT2D eigenvalue weighted by Crippen LogP contribution is -2.48. The van der Waals surface area contributed by atoms with E-state index in [2.05, 4.69) is 4.72 Å². The van der Waals surface area contributed by atoms with Gasteiger partial charge in [0, 0.05) is 12.1 Å². The van der Waals surface area contributed by atoms with Crippen LogP contribution >= 0.6 is 24.0 Å². The van der Waals surface area contributed by atoms with Gasteiger partial charge in [0.1, 0.15) is 4.90 Å². The zero-order chi connectivity index (χ0) is 13.3. The first-order valence-electron chi connectivity index (χ1n) is 4.88. The van der Waals surface area contributed by atoms with Gasteiger partial charge in [0.2, 0.25) is 10.0 Å².